The Morgan fingerprint density at radius 3 is 1.79 bits per heavy atom. The Morgan fingerprint density at radius 1 is 0.966 bits per heavy atom. The van der Waals surface area contributed by atoms with Crippen LogP contribution in [0.5, 0.6) is 0 Å². The predicted octanol–water partition coefficient (Wildman–Crippen LogP) is 2.28. The van der Waals surface area contributed by atoms with Crippen molar-refractivity contribution in [2.24, 2.45) is 10.3 Å². The van der Waals surface area contributed by atoms with Gasteiger partial charge < -0.3 is 11.1 Å². The summed E-state index contributed by atoms with van der Waals surface area (Å²) in [6.07, 6.45) is 0. The Morgan fingerprint density at radius 2 is 1.41 bits per heavy atom. The van der Waals surface area contributed by atoms with E-state index in [1.165, 1.54) is 36.4 Å². The van der Waals surface area contributed by atoms with Gasteiger partial charge in [-0.3, -0.25) is 4.79 Å². The maximum Gasteiger partial charge on any atom is 0.238 e. The van der Waals surface area contributed by atoms with Gasteiger partial charge in [-0.1, -0.05) is 39.1 Å². The number of nitrogen functional groups attached to an aromatic ring is 1. The van der Waals surface area contributed by atoms with Crippen LogP contribution in [0.2, 0.25) is 10.0 Å². The second-order valence-corrected chi connectivity index (χ2v) is 10.8. The van der Waals surface area contributed by atoms with Crippen molar-refractivity contribution in [3.8, 4) is 0 Å². The third kappa shape index (κ3) is 8.09. The number of nitrogens with one attached hydrogen (secondary N) is 1. The first-order valence-corrected chi connectivity index (χ1v) is 12.2. The highest BCUT2D eigenvalue weighted by molar-refractivity contribution is 9.10. The maximum atomic E-state index is 11.4. The monoisotopic (exact) mass is 546 g/mol. The van der Waals surface area contributed by atoms with Crippen molar-refractivity contribution in [1.82, 2.24) is 0 Å². The molecule has 1 atom stereocenters. The molecule has 0 spiro atoms. The SMILES string of the molecule is CC(Br)C(=O)Nc1ccc(S(N)(=O)=O)cc1Cl.Nc1ccc(S(N)(=O)=O)cc1Cl. The minimum absolute atomic E-state index is 0.0401. The molecule has 0 aliphatic heterocycles. The largest absolute Gasteiger partial charge is 0.398 e. The van der Waals surface area contributed by atoms with Crippen molar-refractivity contribution >= 4 is 76.5 Å². The van der Waals surface area contributed by atoms with Crippen LogP contribution < -0.4 is 21.3 Å². The van der Waals surface area contributed by atoms with Crippen LogP contribution in [-0.2, 0) is 24.8 Å². The van der Waals surface area contributed by atoms with E-state index in [0.29, 0.717) is 11.4 Å². The number of carbonyl (C=O) groups excluding carboxylic acids is 1. The number of rotatable bonds is 4. The van der Waals surface area contributed by atoms with E-state index < -0.39 is 20.0 Å². The third-order valence-electron chi connectivity index (χ3n) is 3.19. The lowest BCUT2D eigenvalue weighted by Crippen LogP contribution is -2.20. The molecule has 7 N–H and O–H groups in total. The highest BCUT2D eigenvalue weighted by Gasteiger charge is 2.14. The highest BCUT2D eigenvalue weighted by atomic mass is 79.9. The minimum atomic E-state index is -3.79. The number of halogens is 3. The minimum Gasteiger partial charge on any atom is -0.398 e. The molecule has 0 aliphatic rings. The molecule has 2 rings (SSSR count). The molecule has 0 radical (unpaired) electrons. The molecular formula is C15H17BrCl2N4O5S2. The fourth-order valence-electron chi connectivity index (χ4n) is 1.69. The molecule has 9 nitrogen and oxygen atoms in total. The van der Waals surface area contributed by atoms with Gasteiger partial charge in [-0.05, 0) is 43.3 Å². The summed E-state index contributed by atoms with van der Waals surface area (Å²) < 4.78 is 43.7. The van der Waals surface area contributed by atoms with E-state index in [0.717, 1.165) is 0 Å². The smallest absolute Gasteiger partial charge is 0.238 e. The zero-order valence-corrected chi connectivity index (χ0v) is 19.5. The molecule has 0 aliphatic carbocycles. The number of hydrogen-bond donors (Lipinski definition) is 4. The van der Waals surface area contributed by atoms with E-state index in [-0.39, 0.29) is 30.6 Å². The van der Waals surface area contributed by atoms with Crippen LogP contribution in [0.4, 0.5) is 11.4 Å². The molecule has 1 amide bonds. The fourth-order valence-corrected chi connectivity index (χ4v) is 3.42. The summed E-state index contributed by atoms with van der Waals surface area (Å²) in [4.78, 5) is 10.9. The van der Waals surface area contributed by atoms with Gasteiger partial charge in [0.2, 0.25) is 26.0 Å². The molecule has 1 unspecified atom stereocenters. The third-order valence-corrected chi connectivity index (χ3v) is 6.07. The Kier molecular flexibility index (Phi) is 8.90. The van der Waals surface area contributed by atoms with Crippen molar-refractivity contribution in [3.63, 3.8) is 0 Å². The van der Waals surface area contributed by atoms with Crippen molar-refractivity contribution in [3.05, 3.63) is 46.4 Å². The molecule has 0 heterocycles. The number of alkyl halides is 1. The van der Waals surface area contributed by atoms with E-state index >= 15 is 0 Å². The lowest BCUT2D eigenvalue weighted by Gasteiger charge is -2.09. The van der Waals surface area contributed by atoms with Gasteiger partial charge in [0.05, 0.1) is 36.0 Å². The number of carbonyl (C=O) groups is 1. The number of anilines is 2. The summed E-state index contributed by atoms with van der Waals surface area (Å²) in [6.45, 7) is 1.65. The van der Waals surface area contributed by atoms with Crippen LogP contribution in [0.15, 0.2) is 46.2 Å². The topological polar surface area (TPSA) is 175 Å². The summed E-state index contributed by atoms with van der Waals surface area (Å²) in [6, 6.07) is 7.75. The lowest BCUT2D eigenvalue weighted by molar-refractivity contribution is -0.115. The first-order valence-electron chi connectivity index (χ1n) is 7.48. The molecule has 2 aromatic rings. The van der Waals surface area contributed by atoms with E-state index in [9.17, 15) is 21.6 Å². The fraction of sp³-hybridized carbons (Fsp3) is 0.133. The van der Waals surface area contributed by atoms with Crippen LogP contribution in [0.25, 0.3) is 0 Å². The highest BCUT2D eigenvalue weighted by Crippen LogP contribution is 2.25. The average Bonchev–Trinajstić information content (AvgIpc) is 2.57. The Balaban J connectivity index is 0.000000308. The van der Waals surface area contributed by atoms with Crippen LogP contribution in [0.3, 0.4) is 0 Å². The van der Waals surface area contributed by atoms with E-state index in [4.69, 9.17) is 39.2 Å². The van der Waals surface area contributed by atoms with Crippen LogP contribution in [-0.4, -0.2) is 27.6 Å². The zero-order chi connectivity index (χ0) is 22.6. The molecule has 2 aromatic carbocycles. The Bertz CT molecular complexity index is 1130. The molecule has 0 saturated heterocycles. The van der Waals surface area contributed by atoms with Gasteiger partial charge in [0, 0.05) is 0 Å². The molecule has 0 aromatic heterocycles. The van der Waals surface area contributed by atoms with Gasteiger partial charge in [-0.15, -0.1) is 0 Å². The van der Waals surface area contributed by atoms with Crippen LogP contribution >= 0.6 is 39.1 Å². The first-order chi connectivity index (χ1) is 13.1. The van der Waals surface area contributed by atoms with Gasteiger partial charge in [0.15, 0.2) is 0 Å². The van der Waals surface area contributed by atoms with Gasteiger partial charge in [-0.2, -0.15) is 0 Å². The van der Waals surface area contributed by atoms with Crippen LogP contribution in [0.1, 0.15) is 6.92 Å². The standard InChI is InChI=1S/C9H10BrClN2O3S.C6H7ClN2O2S/c1-5(10)9(14)13-8-3-2-6(4-7(8)11)17(12,15)16;7-5-3-4(12(9,10)11)1-2-6(5)8/h2-5H,1H3,(H,13,14)(H2,12,15,16);1-3H,8H2,(H2,9,10,11). The molecule has 29 heavy (non-hydrogen) atoms. The summed E-state index contributed by atoms with van der Waals surface area (Å²) in [5.41, 5.74) is 6.02. The molecule has 0 saturated carbocycles. The van der Waals surface area contributed by atoms with E-state index in [1.54, 1.807) is 6.92 Å². The van der Waals surface area contributed by atoms with Crippen molar-refractivity contribution in [2.75, 3.05) is 11.1 Å². The van der Waals surface area contributed by atoms with Crippen LogP contribution in [0, 0.1) is 0 Å². The normalized spacial score (nSPS) is 12.5. The molecular weight excluding hydrogens is 531 g/mol. The summed E-state index contributed by atoms with van der Waals surface area (Å²) >= 11 is 14.5. The van der Waals surface area contributed by atoms with Crippen molar-refractivity contribution in [1.29, 1.82) is 0 Å². The van der Waals surface area contributed by atoms with E-state index in [1.807, 2.05) is 0 Å². The lowest BCUT2D eigenvalue weighted by atomic mass is 10.3. The van der Waals surface area contributed by atoms with Gasteiger partial charge in [0.1, 0.15) is 0 Å². The number of hydrogen-bond acceptors (Lipinski definition) is 6. The number of benzene rings is 2. The summed E-state index contributed by atoms with van der Waals surface area (Å²) in [5.74, 6) is -0.282. The zero-order valence-electron chi connectivity index (χ0n) is 14.8. The number of primary sulfonamides is 2. The van der Waals surface area contributed by atoms with Gasteiger partial charge in [0.25, 0.3) is 0 Å². The number of nitrogens with two attached hydrogens (primary N) is 3. The Hall–Kier alpha value is -1.41. The van der Waals surface area contributed by atoms with Gasteiger partial charge in [-0.25, -0.2) is 27.1 Å². The average molecular weight is 548 g/mol. The second-order valence-electron chi connectivity index (χ2n) is 5.52. The number of amides is 1. The molecule has 160 valence electrons. The molecule has 0 bridgehead atoms. The number of sulfonamides is 2. The van der Waals surface area contributed by atoms with Crippen molar-refractivity contribution in [2.45, 2.75) is 21.5 Å². The second kappa shape index (κ2) is 10.1. The van der Waals surface area contributed by atoms with E-state index in [2.05, 4.69) is 21.2 Å². The summed E-state index contributed by atoms with van der Waals surface area (Å²) in [5, 5.41) is 12.6. The quantitative estimate of drug-likeness (QED) is 0.337. The van der Waals surface area contributed by atoms with Crippen molar-refractivity contribution < 1.29 is 21.6 Å². The predicted molar refractivity (Wildman–Crippen MR) is 117 cm³/mol. The molecule has 0 fully saturated rings. The maximum absolute atomic E-state index is 11.4. The molecule has 14 heteroatoms. The Labute approximate surface area is 186 Å². The summed E-state index contributed by atoms with van der Waals surface area (Å²) in [7, 11) is -7.48. The van der Waals surface area contributed by atoms with Gasteiger partial charge >= 0.3 is 0 Å². The first kappa shape index (κ1) is 25.6.